The van der Waals surface area contributed by atoms with Crippen LogP contribution >= 0.6 is 27.5 Å². The van der Waals surface area contributed by atoms with E-state index in [2.05, 4.69) is 69.8 Å². The van der Waals surface area contributed by atoms with E-state index in [0.29, 0.717) is 17.9 Å². The molecule has 2 aromatic rings. The van der Waals surface area contributed by atoms with E-state index in [4.69, 9.17) is 11.6 Å². The Balaban J connectivity index is 1.80. The molecule has 0 fully saturated rings. The first-order chi connectivity index (χ1) is 10.2. The number of hydrogen-bond acceptors (Lipinski definition) is 1. The van der Waals surface area contributed by atoms with E-state index in [1.54, 1.807) is 0 Å². The van der Waals surface area contributed by atoms with Gasteiger partial charge in [0.05, 0.1) is 6.04 Å². The molecule has 1 nitrogen and oxygen atoms in total. The lowest BCUT2D eigenvalue weighted by Gasteiger charge is -2.37. The van der Waals surface area contributed by atoms with Crippen LogP contribution in [0.1, 0.15) is 29.5 Å². The first kappa shape index (κ1) is 13.4. The van der Waals surface area contributed by atoms with Crippen LogP contribution in [0.4, 0.5) is 5.69 Å². The molecule has 0 spiro atoms. The van der Waals surface area contributed by atoms with E-state index in [9.17, 15) is 0 Å². The van der Waals surface area contributed by atoms with Crippen molar-refractivity contribution in [2.24, 2.45) is 5.92 Å². The fourth-order valence-corrected chi connectivity index (χ4v) is 4.19. The van der Waals surface area contributed by atoms with E-state index < -0.39 is 0 Å². The minimum absolute atomic E-state index is 0.344. The number of allylic oxidation sites excluding steroid dienone is 2. The second kappa shape index (κ2) is 5.19. The number of hydrogen-bond donors (Lipinski definition) is 1. The average molecular weight is 361 g/mol. The van der Waals surface area contributed by atoms with E-state index in [1.165, 1.54) is 16.8 Å². The molecule has 106 valence electrons. The third-order valence-electron chi connectivity index (χ3n) is 4.53. The second-order valence-electron chi connectivity index (χ2n) is 5.76. The number of rotatable bonds is 1. The highest BCUT2D eigenvalue weighted by atomic mass is 79.9. The van der Waals surface area contributed by atoms with Crippen LogP contribution < -0.4 is 5.32 Å². The van der Waals surface area contributed by atoms with Crippen molar-refractivity contribution < 1.29 is 0 Å². The van der Waals surface area contributed by atoms with Crippen LogP contribution in [0.15, 0.2) is 59.1 Å². The summed E-state index contributed by atoms with van der Waals surface area (Å²) in [5.41, 5.74) is 3.87. The van der Waals surface area contributed by atoms with Crippen molar-refractivity contribution in [3.63, 3.8) is 0 Å². The van der Waals surface area contributed by atoms with Gasteiger partial charge in [-0.05, 0) is 53.8 Å². The third kappa shape index (κ3) is 2.31. The summed E-state index contributed by atoms with van der Waals surface area (Å²) in [5.74, 6) is 1.02. The Labute approximate surface area is 138 Å². The van der Waals surface area contributed by atoms with Crippen molar-refractivity contribution in [3.8, 4) is 0 Å². The van der Waals surface area contributed by atoms with Crippen molar-refractivity contribution in [1.82, 2.24) is 0 Å². The van der Waals surface area contributed by atoms with Gasteiger partial charge in [0.25, 0.3) is 0 Å². The molecule has 0 amide bonds. The van der Waals surface area contributed by atoms with Gasteiger partial charge in [0.1, 0.15) is 0 Å². The summed E-state index contributed by atoms with van der Waals surface area (Å²) in [7, 11) is 0. The summed E-state index contributed by atoms with van der Waals surface area (Å²) < 4.78 is 1.13. The maximum Gasteiger partial charge on any atom is 0.0554 e. The molecule has 1 N–H and O–H groups in total. The van der Waals surface area contributed by atoms with Gasteiger partial charge in [0.15, 0.2) is 0 Å². The molecule has 2 aromatic carbocycles. The van der Waals surface area contributed by atoms with Crippen LogP contribution in [0.3, 0.4) is 0 Å². The zero-order valence-corrected chi connectivity index (χ0v) is 13.7. The highest BCUT2D eigenvalue weighted by Crippen LogP contribution is 2.50. The minimum Gasteiger partial charge on any atom is -0.378 e. The number of nitrogens with one attached hydrogen (secondary N) is 1. The van der Waals surface area contributed by atoms with Crippen LogP contribution in [0.2, 0.25) is 5.02 Å². The molecular weight excluding hydrogens is 346 g/mol. The average Bonchev–Trinajstić information content (AvgIpc) is 2.96. The topological polar surface area (TPSA) is 12.0 Å². The fraction of sp³-hybridized carbons (Fsp3) is 0.222. The van der Waals surface area contributed by atoms with Crippen LogP contribution in [0.5, 0.6) is 0 Å². The number of anilines is 1. The molecule has 0 radical (unpaired) electrons. The highest BCUT2D eigenvalue weighted by Gasteiger charge is 2.37. The van der Waals surface area contributed by atoms with Gasteiger partial charge in [-0.1, -0.05) is 51.8 Å². The van der Waals surface area contributed by atoms with Gasteiger partial charge in [0, 0.05) is 21.1 Å². The summed E-state index contributed by atoms with van der Waals surface area (Å²) in [5, 5.41) is 4.53. The van der Waals surface area contributed by atoms with Crippen LogP contribution in [-0.4, -0.2) is 0 Å². The quantitative estimate of drug-likeness (QED) is 0.622. The van der Waals surface area contributed by atoms with Gasteiger partial charge in [-0.15, -0.1) is 0 Å². The molecule has 0 unspecified atom stereocenters. The van der Waals surface area contributed by atoms with Crippen molar-refractivity contribution in [2.45, 2.75) is 18.4 Å². The lowest BCUT2D eigenvalue weighted by Crippen LogP contribution is -2.29. The van der Waals surface area contributed by atoms with Gasteiger partial charge in [-0.25, -0.2) is 0 Å². The largest absolute Gasteiger partial charge is 0.378 e. The molecule has 4 rings (SSSR count). The first-order valence-corrected chi connectivity index (χ1v) is 8.37. The highest BCUT2D eigenvalue weighted by molar-refractivity contribution is 9.10. The van der Waals surface area contributed by atoms with E-state index in [-0.39, 0.29) is 0 Å². The number of halogens is 2. The lowest BCUT2D eigenvalue weighted by atomic mass is 9.77. The summed E-state index contributed by atoms with van der Waals surface area (Å²) >= 11 is 9.76. The Bertz CT molecular complexity index is 725. The van der Waals surface area contributed by atoms with Crippen LogP contribution in [-0.2, 0) is 0 Å². The van der Waals surface area contributed by atoms with E-state index in [1.807, 2.05) is 6.07 Å². The third-order valence-corrected chi connectivity index (χ3v) is 5.26. The van der Waals surface area contributed by atoms with Crippen LogP contribution in [0.25, 0.3) is 0 Å². The predicted molar refractivity (Wildman–Crippen MR) is 91.9 cm³/mol. The second-order valence-corrected chi connectivity index (χ2v) is 7.11. The van der Waals surface area contributed by atoms with Gasteiger partial charge >= 0.3 is 0 Å². The van der Waals surface area contributed by atoms with Gasteiger partial charge in [-0.2, -0.15) is 0 Å². The molecule has 2 aliphatic rings. The molecule has 3 heteroatoms. The summed E-state index contributed by atoms with van der Waals surface area (Å²) in [6, 6.07) is 15.1. The number of fused-ring (bicyclic) bond motifs is 3. The molecule has 1 aliphatic carbocycles. The molecule has 0 saturated carbocycles. The minimum atomic E-state index is 0.344. The molecular formula is C18H15BrClN. The van der Waals surface area contributed by atoms with Gasteiger partial charge < -0.3 is 5.32 Å². The van der Waals surface area contributed by atoms with Crippen molar-refractivity contribution >= 4 is 33.2 Å². The van der Waals surface area contributed by atoms with E-state index in [0.717, 1.165) is 15.9 Å². The Kier molecular flexibility index (Phi) is 3.31. The summed E-state index contributed by atoms with van der Waals surface area (Å²) in [6.45, 7) is 0. The van der Waals surface area contributed by atoms with Gasteiger partial charge in [0.2, 0.25) is 0 Å². The van der Waals surface area contributed by atoms with Crippen LogP contribution in [0, 0.1) is 5.92 Å². The van der Waals surface area contributed by atoms with Gasteiger partial charge in [-0.3, -0.25) is 0 Å². The molecule has 1 heterocycles. The fourth-order valence-electron chi connectivity index (χ4n) is 3.60. The molecule has 0 aromatic heterocycles. The Morgan fingerprint density at radius 3 is 2.90 bits per heavy atom. The van der Waals surface area contributed by atoms with E-state index >= 15 is 0 Å². The Morgan fingerprint density at radius 2 is 2.05 bits per heavy atom. The smallest absolute Gasteiger partial charge is 0.0554 e. The van der Waals surface area contributed by atoms with Crippen molar-refractivity contribution in [2.75, 3.05) is 5.32 Å². The zero-order chi connectivity index (χ0) is 14.4. The monoisotopic (exact) mass is 359 g/mol. The summed E-state index contributed by atoms with van der Waals surface area (Å²) in [6.07, 6.45) is 5.75. The number of benzene rings is 2. The van der Waals surface area contributed by atoms with Crippen molar-refractivity contribution in [3.05, 3.63) is 75.2 Å². The Hall–Kier alpha value is -1.25. The standard InChI is InChI=1S/C18H15BrClN/c19-12-4-1-3-11(9-12)18-15-6-2-5-14(15)16-10-13(20)7-8-17(16)21-18/h1-5,7-10,14-15,18,21H,6H2/t14-,15-,18+/m0/s1. The summed E-state index contributed by atoms with van der Waals surface area (Å²) in [4.78, 5) is 0. The molecule has 0 bridgehead atoms. The normalized spacial score (nSPS) is 26.1. The molecule has 21 heavy (non-hydrogen) atoms. The maximum absolute atomic E-state index is 6.18. The van der Waals surface area contributed by atoms with Crippen molar-refractivity contribution in [1.29, 1.82) is 0 Å². The molecule has 1 aliphatic heterocycles. The molecule has 3 atom stereocenters. The lowest BCUT2D eigenvalue weighted by molar-refractivity contribution is 0.425. The SMILES string of the molecule is Clc1ccc2c(c1)[C@H]1C=CC[C@@H]1[C@@H](c1cccc(Br)c1)N2. The Morgan fingerprint density at radius 1 is 1.14 bits per heavy atom. The predicted octanol–water partition coefficient (Wildman–Crippen LogP) is 5.93. The molecule has 0 saturated heterocycles. The zero-order valence-electron chi connectivity index (χ0n) is 11.4. The maximum atomic E-state index is 6.18. The first-order valence-electron chi connectivity index (χ1n) is 7.20.